The van der Waals surface area contributed by atoms with Crippen molar-refractivity contribution in [2.45, 2.75) is 30.7 Å². The summed E-state index contributed by atoms with van der Waals surface area (Å²) in [5, 5.41) is 0. The summed E-state index contributed by atoms with van der Waals surface area (Å²) in [6.45, 7) is 5.55. The molecule has 0 saturated carbocycles. The number of hydrogen-bond acceptors (Lipinski definition) is 3. The third-order valence-corrected chi connectivity index (χ3v) is 4.82. The molecule has 0 bridgehead atoms. The number of piperidine rings is 1. The van der Waals surface area contributed by atoms with Crippen molar-refractivity contribution in [2.75, 3.05) is 25.4 Å². The minimum absolute atomic E-state index is 0.711. The molecule has 1 heterocycles. The maximum atomic E-state index is 5.80. The van der Waals surface area contributed by atoms with Crippen LogP contribution in [0.5, 0.6) is 0 Å². The summed E-state index contributed by atoms with van der Waals surface area (Å²) in [4.78, 5) is 3.98. The molecular weight excluding hydrogens is 240 g/mol. The highest BCUT2D eigenvalue weighted by molar-refractivity contribution is 7.99. The molecule has 1 aliphatic heterocycles. The van der Waals surface area contributed by atoms with Gasteiger partial charge in [-0.2, -0.15) is 0 Å². The van der Waals surface area contributed by atoms with Crippen LogP contribution in [0.3, 0.4) is 0 Å². The highest BCUT2D eigenvalue weighted by atomic mass is 32.2. The predicted octanol–water partition coefficient (Wildman–Crippen LogP) is 2.84. The zero-order valence-electron chi connectivity index (χ0n) is 11.2. The van der Waals surface area contributed by atoms with Gasteiger partial charge in [-0.25, -0.2) is 0 Å². The molecule has 0 radical (unpaired) electrons. The van der Waals surface area contributed by atoms with Gasteiger partial charge in [0.2, 0.25) is 0 Å². The standard InChI is InChI=1S/C15H24N2S/c1-13-7-8-14(11-16)12-17(13)9-10-18-15-5-3-2-4-6-15/h2-6,13-14H,7-12,16H2,1H3. The molecule has 2 N–H and O–H groups in total. The molecule has 3 heteroatoms. The lowest BCUT2D eigenvalue weighted by Gasteiger charge is -2.37. The van der Waals surface area contributed by atoms with Crippen LogP contribution in [0.2, 0.25) is 0 Å². The molecule has 0 aromatic heterocycles. The maximum absolute atomic E-state index is 5.80. The SMILES string of the molecule is CC1CCC(CN)CN1CCSc1ccccc1. The molecule has 1 aromatic rings. The molecule has 0 amide bonds. The second kappa shape index (κ2) is 7.17. The van der Waals surface area contributed by atoms with Crippen LogP contribution in [0, 0.1) is 5.92 Å². The van der Waals surface area contributed by atoms with Gasteiger partial charge in [0.05, 0.1) is 0 Å². The Bertz CT molecular complexity index is 342. The van der Waals surface area contributed by atoms with Crippen LogP contribution >= 0.6 is 11.8 Å². The molecule has 0 aliphatic carbocycles. The fraction of sp³-hybridized carbons (Fsp3) is 0.600. The summed E-state index contributed by atoms with van der Waals surface area (Å²) in [6.07, 6.45) is 2.61. The molecule has 1 aromatic carbocycles. The van der Waals surface area contributed by atoms with E-state index in [4.69, 9.17) is 5.73 Å². The Balaban J connectivity index is 1.75. The Hall–Kier alpha value is -0.510. The first-order chi connectivity index (χ1) is 8.79. The maximum Gasteiger partial charge on any atom is 0.0108 e. The van der Waals surface area contributed by atoms with E-state index in [2.05, 4.69) is 42.2 Å². The fourth-order valence-corrected chi connectivity index (χ4v) is 3.47. The predicted molar refractivity (Wildman–Crippen MR) is 80.0 cm³/mol. The first kappa shape index (κ1) is 13.9. The number of nitrogens with two attached hydrogens (primary N) is 1. The Kier molecular flexibility index (Phi) is 5.54. The van der Waals surface area contributed by atoms with E-state index >= 15 is 0 Å². The molecule has 0 spiro atoms. The number of rotatable bonds is 5. The topological polar surface area (TPSA) is 29.3 Å². The average Bonchev–Trinajstić information content (AvgIpc) is 2.42. The van der Waals surface area contributed by atoms with E-state index in [9.17, 15) is 0 Å². The third kappa shape index (κ3) is 4.01. The fourth-order valence-electron chi connectivity index (χ4n) is 2.56. The van der Waals surface area contributed by atoms with E-state index in [0.29, 0.717) is 5.92 Å². The van der Waals surface area contributed by atoms with Gasteiger partial charge in [-0.1, -0.05) is 18.2 Å². The summed E-state index contributed by atoms with van der Waals surface area (Å²) in [6, 6.07) is 11.4. The second-order valence-corrected chi connectivity index (χ2v) is 6.35. The van der Waals surface area contributed by atoms with E-state index in [1.54, 1.807) is 0 Å². The monoisotopic (exact) mass is 264 g/mol. The molecule has 1 aliphatic rings. The molecule has 2 nitrogen and oxygen atoms in total. The number of thioether (sulfide) groups is 1. The van der Waals surface area contributed by atoms with Gasteiger partial charge < -0.3 is 5.73 Å². The molecule has 18 heavy (non-hydrogen) atoms. The van der Waals surface area contributed by atoms with Crippen molar-refractivity contribution in [1.82, 2.24) is 4.90 Å². The average molecular weight is 264 g/mol. The van der Waals surface area contributed by atoms with Crippen molar-refractivity contribution in [2.24, 2.45) is 11.7 Å². The number of benzene rings is 1. The summed E-state index contributed by atoms with van der Waals surface area (Å²) in [5.74, 6) is 1.88. The van der Waals surface area contributed by atoms with E-state index in [1.807, 2.05) is 11.8 Å². The molecule has 1 fully saturated rings. The number of hydrogen-bond donors (Lipinski definition) is 1. The van der Waals surface area contributed by atoms with Crippen LogP contribution in [0.4, 0.5) is 0 Å². The first-order valence-electron chi connectivity index (χ1n) is 6.91. The van der Waals surface area contributed by atoms with Crippen molar-refractivity contribution >= 4 is 11.8 Å². The van der Waals surface area contributed by atoms with Gasteiger partial charge in [0.1, 0.15) is 0 Å². The van der Waals surface area contributed by atoms with Gasteiger partial charge in [0.25, 0.3) is 0 Å². The molecular formula is C15H24N2S. The van der Waals surface area contributed by atoms with E-state index in [-0.39, 0.29) is 0 Å². The zero-order chi connectivity index (χ0) is 12.8. The summed E-state index contributed by atoms with van der Waals surface area (Å²) in [5.41, 5.74) is 5.80. The van der Waals surface area contributed by atoms with Crippen LogP contribution in [0.15, 0.2) is 35.2 Å². The Morgan fingerprint density at radius 2 is 2.06 bits per heavy atom. The van der Waals surface area contributed by atoms with Crippen molar-refractivity contribution in [1.29, 1.82) is 0 Å². The second-order valence-electron chi connectivity index (χ2n) is 5.18. The van der Waals surface area contributed by atoms with Gasteiger partial charge in [-0.3, -0.25) is 4.90 Å². The van der Waals surface area contributed by atoms with Crippen LogP contribution < -0.4 is 5.73 Å². The van der Waals surface area contributed by atoms with Gasteiger partial charge >= 0.3 is 0 Å². The van der Waals surface area contributed by atoms with Gasteiger partial charge in [0, 0.05) is 29.8 Å². The van der Waals surface area contributed by atoms with Crippen molar-refractivity contribution in [3.8, 4) is 0 Å². The number of likely N-dealkylation sites (tertiary alicyclic amines) is 1. The Labute approximate surface area is 115 Å². The largest absolute Gasteiger partial charge is 0.330 e. The summed E-state index contributed by atoms with van der Waals surface area (Å²) >= 11 is 1.95. The summed E-state index contributed by atoms with van der Waals surface area (Å²) < 4.78 is 0. The lowest BCUT2D eigenvalue weighted by molar-refractivity contribution is 0.129. The number of nitrogens with zero attached hydrogens (tertiary/aromatic N) is 1. The highest BCUT2D eigenvalue weighted by Gasteiger charge is 2.23. The van der Waals surface area contributed by atoms with Gasteiger partial charge in [-0.05, 0) is 44.4 Å². The third-order valence-electron chi connectivity index (χ3n) is 3.83. The molecule has 1 saturated heterocycles. The van der Waals surface area contributed by atoms with Crippen LogP contribution in [0.1, 0.15) is 19.8 Å². The van der Waals surface area contributed by atoms with Gasteiger partial charge in [0.15, 0.2) is 0 Å². The van der Waals surface area contributed by atoms with Crippen LogP contribution in [-0.4, -0.2) is 36.3 Å². The lowest BCUT2D eigenvalue weighted by atomic mass is 9.94. The zero-order valence-corrected chi connectivity index (χ0v) is 12.0. The van der Waals surface area contributed by atoms with Gasteiger partial charge in [-0.15, -0.1) is 11.8 Å². The van der Waals surface area contributed by atoms with Crippen molar-refractivity contribution in [3.05, 3.63) is 30.3 Å². The smallest absolute Gasteiger partial charge is 0.0108 e. The molecule has 2 unspecified atom stereocenters. The van der Waals surface area contributed by atoms with Crippen molar-refractivity contribution < 1.29 is 0 Å². The lowest BCUT2D eigenvalue weighted by Crippen LogP contribution is -2.44. The summed E-state index contributed by atoms with van der Waals surface area (Å²) in [7, 11) is 0. The van der Waals surface area contributed by atoms with Crippen LogP contribution in [0.25, 0.3) is 0 Å². The molecule has 2 atom stereocenters. The quantitative estimate of drug-likeness (QED) is 0.829. The van der Waals surface area contributed by atoms with E-state index in [0.717, 1.165) is 12.6 Å². The van der Waals surface area contributed by atoms with E-state index in [1.165, 1.54) is 36.6 Å². The minimum atomic E-state index is 0.711. The Morgan fingerprint density at radius 3 is 2.78 bits per heavy atom. The van der Waals surface area contributed by atoms with Crippen molar-refractivity contribution in [3.63, 3.8) is 0 Å². The van der Waals surface area contributed by atoms with Crippen LogP contribution in [-0.2, 0) is 0 Å². The minimum Gasteiger partial charge on any atom is -0.330 e. The highest BCUT2D eigenvalue weighted by Crippen LogP contribution is 2.23. The van der Waals surface area contributed by atoms with E-state index < -0.39 is 0 Å². The Morgan fingerprint density at radius 1 is 1.28 bits per heavy atom. The molecule has 100 valence electrons. The molecule has 2 rings (SSSR count). The first-order valence-corrected chi connectivity index (χ1v) is 7.90. The normalized spacial score (nSPS) is 25.2.